The molecule has 0 bridgehead atoms. The maximum absolute atomic E-state index is 11.9. The molecule has 98 valence electrons. The molecule has 0 aromatic carbocycles. The van der Waals surface area contributed by atoms with Gasteiger partial charge in [0.15, 0.2) is 0 Å². The Morgan fingerprint density at radius 2 is 1.41 bits per heavy atom. The molecular weight excluding hydrogens is 224 g/mol. The molecular formula is C10H20N4O3. The highest BCUT2D eigenvalue weighted by Gasteiger charge is 2.32. The van der Waals surface area contributed by atoms with Crippen molar-refractivity contribution in [1.82, 2.24) is 4.90 Å². The van der Waals surface area contributed by atoms with Gasteiger partial charge in [0.2, 0.25) is 17.7 Å². The van der Waals surface area contributed by atoms with Crippen molar-refractivity contribution in [3.05, 3.63) is 0 Å². The second kappa shape index (κ2) is 5.62. The number of primary amides is 2. The fourth-order valence-electron chi connectivity index (χ4n) is 1.16. The van der Waals surface area contributed by atoms with Crippen LogP contribution in [0.3, 0.4) is 0 Å². The van der Waals surface area contributed by atoms with E-state index in [-0.39, 0.29) is 13.1 Å². The van der Waals surface area contributed by atoms with Crippen LogP contribution >= 0.6 is 0 Å². The van der Waals surface area contributed by atoms with Crippen LogP contribution in [0.25, 0.3) is 0 Å². The van der Waals surface area contributed by atoms with E-state index in [0.717, 1.165) is 4.90 Å². The number of carbonyl (C=O) groups excluding carboxylic acids is 3. The van der Waals surface area contributed by atoms with Crippen molar-refractivity contribution in [1.29, 1.82) is 0 Å². The van der Waals surface area contributed by atoms with Crippen LogP contribution in [0.1, 0.15) is 20.8 Å². The minimum atomic E-state index is -0.832. The largest absolute Gasteiger partial charge is 0.368 e. The third kappa shape index (κ3) is 5.30. The highest BCUT2D eigenvalue weighted by atomic mass is 16.2. The summed E-state index contributed by atoms with van der Waals surface area (Å²) in [5.41, 5.74) is 15.3. The van der Waals surface area contributed by atoms with Gasteiger partial charge in [-0.2, -0.15) is 0 Å². The maximum atomic E-state index is 11.9. The average Bonchev–Trinajstić information content (AvgIpc) is 2.11. The van der Waals surface area contributed by atoms with Crippen LogP contribution in [-0.2, 0) is 14.4 Å². The van der Waals surface area contributed by atoms with Crippen molar-refractivity contribution < 1.29 is 14.4 Å². The van der Waals surface area contributed by atoms with Crippen LogP contribution in [0, 0.1) is 5.41 Å². The Morgan fingerprint density at radius 3 is 1.65 bits per heavy atom. The van der Waals surface area contributed by atoms with E-state index in [4.69, 9.17) is 17.2 Å². The molecule has 3 amide bonds. The van der Waals surface area contributed by atoms with Crippen LogP contribution in [-0.4, -0.2) is 41.8 Å². The zero-order valence-corrected chi connectivity index (χ0v) is 10.4. The number of rotatable bonds is 5. The van der Waals surface area contributed by atoms with Gasteiger partial charge in [-0.15, -0.1) is 0 Å². The van der Waals surface area contributed by atoms with Crippen LogP contribution < -0.4 is 17.2 Å². The Hall–Kier alpha value is -1.63. The van der Waals surface area contributed by atoms with E-state index in [1.165, 1.54) is 0 Å². The molecule has 0 spiro atoms. The molecule has 0 unspecified atom stereocenters. The highest BCUT2D eigenvalue weighted by Crippen LogP contribution is 2.18. The summed E-state index contributed by atoms with van der Waals surface area (Å²) in [5.74, 6) is -1.96. The smallest absolute Gasteiger partial charge is 0.240 e. The molecule has 0 fully saturated rings. The molecule has 0 aliphatic carbocycles. The number of nitrogens with two attached hydrogens (primary N) is 3. The first kappa shape index (κ1) is 15.4. The monoisotopic (exact) mass is 244 g/mol. The van der Waals surface area contributed by atoms with E-state index in [1.807, 2.05) is 0 Å². The summed E-state index contributed by atoms with van der Waals surface area (Å²) >= 11 is 0. The van der Waals surface area contributed by atoms with Gasteiger partial charge in [-0.1, -0.05) is 20.8 Å². The van der Waals surface area contributed by atoms with Gasteiger partial charge in [0.1, 0.15) is 0 Å². The van der Waals surface area contributed by atoms with Gasteiger partial charge >= 0.3 is 0 Å². The maximum Gasteiger partial charge on any atom is 0.240 e. The summed E-state index contributed by atoms with van der Waals surface area (Å²) in [6, 6.07) is -0.832. The first-order valence-electron chi connectivity index (χ1n) is 5.16. The molecule has 17 heavy (non-hydrogen) atoms. The first-order chi connectivity index (χ1) is 7.55. The van der Waals surface area contributed by atoms with Crippen LogP contribution in [0.5, 0.6) is 0 Å². The number of hydrogen-bond donors (Lipinski definition) is 3. The van der Waals surface area contributed by atoms with Crippen molar-refractivity contribution >= 4 is 17.7 Å². The van der Waals surface area contributed by atoms with Crippen LogP contribution in [0.15, 0.2) is 0 Å². The zero-order chi connectivity index (χ0) is 13.8. The van der Waals surface area contributed by atoms with Crippen molar-refractivity contribution in [2.24, 2.45) is 22.6 Å². The van der Waals surface area contributed by atoms with Crippen LogP contribution in [0.4, 0.5) is 0 Å². The second-order valence-corrected chi connectivity index (χ2v) is 4.97. The fourth-order valence-corrected chi connectivity index (χ4v) is 1.16. The normalized spacial score (nSPS) is 12.9. The quantitative estimate of drug-likeness (QED) is 0.524. The van der Waals surface area contributed by atoms with E-state index >= 15 is 0 Å². The first-order valence-corrected chi connectivity index (χ1v) is 5.16. The summed E-state index contributed by atoms with van der Waals surface area (Å²) in [6.45, 7) is 4.60. The van der Waals surface area contributed by atoms with E-state index in [2.05, 4.69) is 0 Å². The molecule has 0 aliphatic heterocycles. The predicted molar refractivity (Wildman–Crippen MR) is 62.4 cm³/mol. The lowest BCUT2D eigenvalue weighted by molar-refractivity contribution is -0.140. The van der Waals surface area contributed by atoms with Crippen molar-refractivity contribution in [3.63, 3.8) is 0 Å². The Bertz CT molecular complexity index is 306. The standard InChI is InChI=1S/C10H20N4O3/c1-10(2,3)8(13)9(17)14(4-6(11)15)5-7(12)16/h8H,4-5,13H2,1-3H3,(H2,11,15)(H2,12,16)/t8-/m1/s1. The highest BCUT2D eigenvalue weighted by molar-refractivity contribution is 5.90. The molecule has 0 aromatic rings. The molecule has 0 radical (unpaired) electrons. The Balaban J connectivity index is 4.86. The lowest BCUT2D eigenvalue weighted by atomic mass is 9.86. The molecule has 1 atom stereocenters. The van der Waals surface area contributed by atoms with Gasteiger partial charge in [-0.25, -0.2) is 0 Å². The molecule has 0 saturated heterocycles. The molecule has 0 heterocycles. The van der Waals surface area contributed by atoms with Gasteiger partial charge in [0, 0.05) is 0 Å². The lowest BCUT2D eigenvalue weighted by Gasteiger charge is -2.30. The van der Waals surface area contributed by atoms with Crippen molar-refractivity contribution in [3.8, 4) is 0 Å². The summed E-state index contributed by atoms with van der Waals surface area (Å²) in [6.07, 6.45) is 0. The molecule has 0 aromatic heterocycles. The van der Waals surface area contributed by atoms with E-state index in [9.17, 15) is 14.4 Å². The second-order valence-electron chi connectivity index (χ2n) is 4.97. The molecule has 0 saturated carbocycles. The fraction of sp³-hybridized carbons (Fsp3) is 0.700. The Morgan fingerprint density at radius 1 is 1.06 bits per heavy atom. The molecule has 7 nitrogen and oxygen atoms in total. The minimum Gasteiger partial charge on any atom is -0.368 e. The third-order valence-corrected chi connectivity index (χ3v) is 2.20. The zero-order valence-electron chi connectivity index (χ0n) is 10.4. The predicted octanol–water partition coefficient (Wildman–Crippen LogP) is -1.84. The van der Waals surface area contributed by atoms with Gasteiger partial charge in [-0.3, -0.25) is 14.4 Å². The Labute approximate surface area is 100 Å². The number of amides is 3. The van der Waals surface area contributed by atoms with Crippen molar-refractivity contribution in [2.75, 3.05) is 13.1 Å². The van der Waals surface area contributed by atoms with Crippen LogP contribution in [0.2, 0.25) is 0 Å². The topological polar surface area (TPSA) is 133 Å². The molecule has 0 aliphatic rings. The van der Waals surface area contributed by atoms with Crippen molar-refractivity contribution in [2.45, 2.75) is 26.8 Å². The SMILES string of the molecule is CC(C)(C)[C@H](N)C(=O)N(CC(N)=O)CC(N)=O. The molecule has 0 rings (SSSR count). The van der Waals surface area contributed by atoms with E-state index in [1.54, 1.807) is 20.8 Å². The van der Waals surface area contributed by atoms with Gasteiger partial charge < -0.3 is 22.1 Å². The van der Waals surface area contributed by atoms with E-state index in [0.29, 0.717) is 0 Å². The Kier molecular flexibility index (Phi) is 5.09. The van der Waals surface area contributed by atoms with Gasteiger partial charge in [0.25, 0.3) is 0 Å². The van der Waals surface area contributed by atoms with E-state index < -0.39 is 29.2 Å². The number of nitrogens with zero attached hydrogens (tertiary/aromatic N) is 1. The molecule has 7 heteroatoms. The number of carbonyl (C=O) groups is 3. The summed E-state index contributed by atoms with van der Waals surface area (Å²) < 4.78 is 0. The summed E-state index contributed by atoms with van der Waals surface area (Å²) in [7, 11) is 0. The number of hydrogen-bond acceptors (Lipinski definition) is 4. The van der Waals surface area contributed by atoms with Gasteiger partial charge in [0.05, 0.1) is 19.1 Å². The average molecular weight is 244 g/mol. The molecule has 6 N–H and O–H groups in total. The summed E-state index contributed by atoms with van der Waals surface area (Å²) in [5, 5.41) is 0. The third-order valence-electron chi connectivity index (χ3n) is 2.20. The summed E-state index contributed by atoms with van der Waals surface area (Å²) in [4.78, 5) is 34.5. The lowest BCUT2D eigenvalue weighted by Crippen LogP contribution is -2.54. The van der Waals surface area contributed by atoms with Gasteiger partial charge in [-0.05, 0) is 5.41 Å². The minimum absolute atomic E-state index is 0.369.